The molecule has 0 aromatic rings. The number of esters is 3. The minimum Gasteiger partial charge on any atom is -0.462 e. The summed E-state index contributed by atoms with van der Waals surface area (Å²) in [5.74, 6) is -1.39. The van der Waals surface area contributed by atoms with Crippen LogP contribution in [0.15, 0.2) is 12.2 Å². The summed E-state index contributed by atoms with van der Waals surface area (Å²) in [5, 5.41) is 0. The fraction of sp³-hybridized carbons (Fsp3) is 0.909. The molecule has 4 unspecified atom stereocenters. The number of hydrogen-bond acceptors (Lipinski definition) is 12. The minimum atomic E-state index is -4.77. The number of carbonyl (C=O) groups is 3. The minimum absolute atomic E-state index is 0.117. The molecule has 76 heavy (non-hydrogen) atoms. The molecule has 0 saturated carbocycles. The predicted octanol–water partition coefficient (Wildman–Crippen LogP) is 15.0. The van der Waals surface area contributed by atoms with Crippen LogP contribution in [0.2, 0.25) is 0 Å². The van der Waals surface area contributed by atoms with Gasteiger partial charge in [-0.1, -0.05) is 187 Å². The maximum Gasteiger partial charge on any atom is 0.469 e. The number of carbonyl (C=O) groups excluding carboxylic acids is 3. The van der Waals surface area contributed by atoms with Crippen molar-refractivity contribution in [2.45, 2.75) is 308 Å². The molecule has 0 aliphatic heterocycles. The van der Waals surface area contributed by atoms with E-state index in [1.807, 2.05) is 6.92 Å². The Kier molecular flexibility index (Phi) is 48.3. The molecule has 0 bridgehead atoms. The van der Waals surface area contributed by atoms with Crippen LogP contribution in [0.3, 0.4) is 0 Å². The van der Waals surface area contributed by atoms with Crippen molar-refractivity contribution in [2.75, 3.05) is 13.2 Å². The topological polar surface area (TPSA) is 279 Å². The first-order valence-corrected chi connectivity index (χ1v) is 34.2. The second kappa shape index (κ2) is 49.3. The largest absolute Gasteiger partial charge is 0.469 e. The van der Waals surface area contributed by atoms with Crippen LogP contribution < -0.4 is 0 Å². The zero-order valence-electron chi connectivity index (χ0n) is 47.3. The van der Waals surface area contributed by atoms with Crippen molar-refractivity contribution in [3.8, 4) is 0 Å². The Hall–Kier alpha value is -1.52. The van der Waals surface area contributed by atoms with Gasteiger partial charge < -0.3 is 43.6 Å². The van der Waals surface area contributed by atoms with Crippen LogP contribution >= 0.6 is 23.5 Å². The summed E-state index contributed by atoms with van der Waals surface area (Å²) in [5.41, 5.74) is 0. The Bertz CT molecular complexity index is 1580. The molecule has 4 atom stereocenters. The fourth-order valence-corrected chi connectivity index (χ4v) is 10.9. The van der Waals surface area contributed by atoms with E-state index in [0.717, 1.165) is 109 Å². The second-order valence-corrected chi connectivity index (χ2v) is 24.3. The van der Waals surface area contributed by atoms with Gasteiger partial charge in [-0.05, 0) is 89.9 Å². The fourth-order valence-electron chi connectivity index (χ4n) is 9.06. The Morgan fingerprint density at radius 1 is 0.342 bits per heavy atom. The van der Waals surface area contributed by atoms with Gasteiger partial charge in [0.1, 0.15) is 13.2 Å². The summed E-state index contributed by atoms with van der Waals surface area (Å²) < 4.78 is 66.4. The molecule has 0 aliphatic rings. The van der Waals surface area contributed by atoms with Crippen LogP contribution in [0.4, 0.5) is 0 Å². The lowest BCUT2D eigenvalue weighted by molar-refractivity contribution is -0.167. The summed E-state index contributed by atoms with van der Waals surface area (Å²) in [4.78, 5) is 94.9. The van der Waals surface area contributed by atoms with E-state index in [1.165, 1.54) is 51.4 Å². The van der Waals surface area contributed by atoms with Crippen molar-refractivity contribution in [3.05, 3.63) is 12.2 Å². The average Bonchev–Trinajstić information content (AvgIpc) is 3.33. The van der Waals surface area contributed by atoms with Crippen LogP contribution in [-0.2, 0) is 55.9 Å². The summed E-state index contributed by atoms with van der Waals surface area (Å²) in [6.07, 6.45) is 34.5. The highest BCUT2D eigenvalue weighted by molar-refractivity contribution is 7.46. The quantitative estimate of drug-likeness (QED) is 0.0109. The lowest BCUT2D eigenvalue weighted by atomic mass is 10.0. The molecule has 450 valence electrons. The van der Waals surface area contributed by atoms with E-state index in [-0.39, 0.29) is 38.9 Å². The van der Waals surface area contributed by atoms with Gasteiger partial charge in [0.2, 0.25) is 0 Å². The van der Waals surface area contributed by atoms with Crippen LogP contribution in [0.25, 0.3) is 0 Å². The van der Waals surface area contributed by atoms with Gasteiger partial charge in [-0.15, -0.1) is 0 Å². The molecule has 0 heterocycles. The van der Waals surface area contributed by atoms with Crippen molar-refractivity contribution in [2.24, 2.45) is 0 Å². The highest BCUT2D eigenvalue weighted by Crippen LogP contribution is 2.42. The highest BCUT2D eigenvalue weighted by Gasteiger charge is 2.26. The first-order valence-electron chi connectivity index (χ1n) is 29.6. The molecule has 6 N–H and O–H groups in total. The Balaban J connectivity index is 4.96. The van der Waals surface area contributed by atoms with Crippen LogP contribution in [0.1, 0.15) is 284 Å². The Labute approximate surface area is 458 Å². The lowest BCUT2D eigenvalue weighted by Gasteiger charge is -2.21. The molecule has 0 aromatic carbocycles. The normalized spacial score (nSPS) is 14.0. The second-order valence-electron chi connectivity index (χ2n) is 20.7. The highest BCUT2D eigenvalue weighted by atomic mass is 31.2. The van der Waals surface area contributed by atoms with E-state index in [0.29, 0.717) is 77.0 Å². The maximum absolute atomic E-state index is 12.9. The average molecular weight is 1150 g/mol. The first kappa shape index (κ1) is 74.5. The number of hydrogen-bond donors (Lipinski definition) is 6. The first-order chi connectivity index (χ1) is 36.3. The predicted molar refractivity (Wildman–Crippen MR) is 298 cm³/mol. The molecule has 0 radical (unpaired) electrons. The third kappa shape index (κ3) is 54.4. The smallest absolute Gasteiger partial charge is 0.462 e. The van der Waals surface area contributed by atoms with E-state index in [9.17, 15) is 57.4 Å². The van der Waals surface area contributed by atoms with Crippen molar-refractivity contribution in [1.29, 1.82) is 0 Å². The number of phosphoric ester groups is 3. The van der Waals surface area contributed by atoms with Crippen LogP contribution in [-0.4, -0.2) is 84.9 Å². The number of unbranched alkanes of at least 4 members (excludes halogenated alkanes) is 25. The SMILES string of the molecule is CCCCCCC=CCCCCCCCC(=O)OC(COC(=O)CCCCCCCC(CCCCCCCCC)OP(=O)(O)O)COC(=O)CCCCCCCC(CCCC(CCCCC)OP(=O)(O)O)OP(=O)(O)O. The van der Waals surface area contributed by atoms with Crippen molar-refractivity contribution in [3.63, 3.8) is 0 Å². The monoisotopic (exact) mass is 1150 g/mol. The molecule has 0 aliphatic carbocycles. The third-order valence-corrected chi connectivity index (χ3v) is 15.0. The standard InChI is InChI=1S/C55H107O18P3/c1-4-7-10-12-14-15-16-17-18-19-21-27-36-46-55(58)70-52(47-68-53(56)44-34-28-22-25-32-40-49(71-74(59,60)61)39-31-24-20-13-11-8-5-2)48-69-54(57)45-35-29-23-26-33-41-51(73-76(65,66)67)43-37-42-50(38-30-9-6-3)72-75(62,63)64/h15-16,49-52H,4-14,17-48H2,1-3H3,(H2,59,60,61)(H2,62,63,64)(H2,65,66,67). The molecule has 0 saturated heterocycles. The van der Waals surface area contributed by atoms with Crippen molar-refractivity contribution >= 4 is 41.4 Å². The number of ether oxygens (including phenoxy) is 3. The van der Waals surface area contributed by atoms with Crippen LogP contribution in [0.5, 0.6) is 0 Å². The summed E-state index contributed by atoms with van der Waals surface area (Å²) >= 11 is 0. The molecule has 0 aromatic heterocycles. The van der Waals surface area contributed by atoms with Crippen molar-refractivity contribution in [1.82, 2.24) is 0 Å². The third-order valence-electron chi connectivity index (χ3n) is 13.3. The molecule has 0 fully saturated rings. The molecular weight excluding hydrogens is 1040 g/mol. The van der Waals surface area contributed by atoms with Crippen LogP contribution in [0, 0.1) is 0 Å². The van der Waals surface area contributed by atoms with Gasteiger partial charge in [-0.3, -0.25) is 28.0 Å². The maximum atomic E-state index is 12.9. The molecule has 21 heteroatoms. The number of rotatable bonds is 56. The van der Waals surface area contributed by atoms with E-state index in [4.69, 9.17) is 27.8 Å². The Morgan fingerprint density at radius 2 is 0.605 bits per heavy atom. The molecule has 0 rings (SSSR count). The number of phosphoric acid groups is 3. The lowest BCUT2D eigenvalue weighted by Crippen LogP contribution is -2.30. The van der Waals surface area contributed by atoms with Gasteiger partial charge in [0.25, 0.3) is 0 Å². The van der Waals surface area contributed by atoms with Gasteiger partial charge in [-0.25, -0.2) is 13.7 Å². The van der Waals surface area contributed by atoms with Gasteiger partial charge in [-0.2, -0.15) is 0 Å². The van der Waals surface area contributed by atoms with E-state index >= 15 is 0 Å². The van der Waals surface area contributed by atoms with Crippen molar-refractivity contribution < 1.29 is 85.2 Å². The Morgan fingerprint density at radius 3 is 0.961 bits per heavy atom. The van der Waals surface area contributed by atoms with Gasteiger partial charge in [0, 0.05) is 19.3 Å². The molecule has 18 nitrogen and oxygen atoms in total. The number of allylic oxidation sites excluding steroid dienone is 2. The summed E-state index contributed by atoms with van der Waals surface area (Å²) in [6, 6.07) is 0. The zero-order chi connectivity index (χ0) is 56.6. The molecular formula is C55H107O18P3. The van der Waals surface area contributed by atoms with Gasteiger partial charge >= 0.3 is 41.4 Å². The summed E-state index contributed by atoms with van der Waals surface area (Å²) in [6.45, 7) is 5.89. The zero-order valence-corrected chi connectivity index (χ0v) is 50.0. The molecule has 0 amide bonds. The van der Waals surface area contributed by atoms with Gasteiger partial charge in [0.05, 0.1) is 18.3 Å². The van der Waals surface area contributed by atoms with E-state index in [1.54, 1.807) is 0 Å². The van der Waals surface area contributed by atoms with E-state index in [2.05, 4.69) is 26.0 Å². The summed E-state index contributed by atoms with van der Waals surface area (Å²) in [7, 11) is -14.0. The van der Waals surface area contributed by atoms with E-state index < -0.39 is 65.8 Å². The molecule has 0 spiro atoms. The van der Waals surface area contributed by atoms with Gasteiger partial charge in [0.15, 0.2) is 6.10 Å².